The van der Waals surface area contributed by atoms with Gasteiger partial charge in [0.15, 0.2) is 0 Å². The zero-order valence-electron chi connectivity index (χ0n) is 11.6. The van der Waals surface area contributed by atoms with E-state index in [0.717, 1.165) is 17.9 Å². The van der Waals surface area contributed by atoms with E-state index in [4.69, 9.17) is 0 Å². The van der Waals surface area contributed by atoms with E-state index in [0.29, 0.717) is 6.54 Å². The first-order chi connectivity index (χ1) is 10.4. The molecule has 3 heteroatoms. The lowest BCUT2D eigenvalue weighted by Gasteiger charge is -2.08. The fourth-order valence-electron chi connectivity index (χ4n) is 2.86. The van der Waals surface area contributed by atoms with Crippen LogP contribution >= 0.6 is 0 Å². The fourth-order valence-corrected chi connectivity index (χ4v) is 2.86. The summed E-state index contributed by atoms with van der Waals surface area (Å²) in [5.74, 6) is 0.807. The minimum atomic E-state index is 0.645. The lowest BCUT2D eigenvalue weighted by atomic mass is 10.1. The molecule has 102 valence electrons. The van der Waals surface area contributed by atoms with Gasteiger partial charge in [0.05, 0.1) is 6.54 Å². The number of rotatable bonds is 3. The molecule has 2 aromatic carbocycles. The van der Waals surface area contributed by atoms with Gasteiger partial charge in [-0.1, -0.05) is 30.3 Å². The molecule has 0 radical (unpaired) electrons. The van der Waals surface area contributed by atoms with Gasteiger partial charge in [0.25, 0.3) is 0 Å². The van der Waals surface area contributed by atoms with E-state index >= 15 is 0 Å². The van der Waals surface area contributed by atoms with Crippen LogP contribution < -0.4 is 5.32 Å². The van der Waals surface area contributed by atoms with Crippen molar-refractivity contribution < 1.29 is 0 Å². The number of hydrogen-bond acceptors (Lipinski definition) is 3. The summed E-state index contributed by atoms with van der Waals surface area (Å²) in [7, 11) is 0. The van der Waals surface area contributed by atoms with Crippen LogP contribution in [-0.4, -0.2) is 9.97 Å². The average Bonchev–Trinajstić information content (AvgIpc) is 2.91. The Balaban J connectivity index is 1.56. The summed E-state index contributed by atoms with van der Waals surface area (Å²) >= 11 is 0. The molecule has 0 unspecified atom stereocenters. The topological polar surface area (TPSA) is 37.8 Å². The first kappa shape index (κ1) is 12.1. The number of hydrogen-bond donors (Lipinski definition) is 1. The van der Waals surface area contributed by atoms with Crippen molar-refractivity contribution in [3.63, 3.8) is 0 Å². The van der Waals surface area contributed by atoms with E-state index in [-0.39, 0.29) is 0 Å². The van der Waals surface area contributed by atoms with Crippen LogP contribution in [0, 0.1) is 0 Å². The van der Waals surface area contributed by atoms with Gasteiger partial charge in [-0.2, -0.15) is 0 Å². The molecule has 1 aliphatic rings. The molecule has 0 fully saturated rings. The summed E-state index contributed by atoms with van der Waals surface area (Å²) in [4.78, 5) is 8.45. The largest absolute Gasteiger partial charge is 0.378 e. The molecule has 3 aromatic rings. The number of nitrogens with zero attached hydrogens (tertiary/aromatic N) is 2. The second-order valence-electron chi connectivity index (χ2n) is 5.22. The number of anilines is 1. The van der Waals surface area contributed by atoms with Crippen molar-refractivity contribution in [2.75, 3.05) is 5.32 Å². The Hall–Kier alpha value is -2.68. The molecule has 0 bridgehead atoms. The van der Waals surface area contributed by atoms with Gasteiger partial charge in [0, 0.05) is 18.1 Å². The Bertz CT molecular complexity index is 781. The van der Waals surface area contributed by atoms with Crippen LogP contribution in [0.15, 0.2) is 60.9 Å². The predicted molar refractivity (Wildman–Crippen MR) is 84.0 cm³/mol. The van der Waals surface area contributed by atoms with Crippen LogP contribution in [0.2, 0.25) is 0 Å². The van der Waals surface area contributed by atoms with Gasteiger partial charge in [0.2, 0.25) is 0 Å². The van der Waals surface area contributed by atoms with Gasteiger partial charge in [-0.3, -0.25) is 0 Å². The molecule has 1 aromatic heterocycles. The summed E-state index contributed by atoms with van der Waals surface area (Å²) in [6.45, 7) is 0.645. The summed E-state index contributed by atoms with van der Waals surface area (Å²) in [6, 6.07) is 17.0. The maximum Gasteiger partial charge on any atom is 0.147 e. The third kappa shape index (κ3) is 2.27. The molecule has 3 nitrogen and oxygen atoms in total. The standard InChI is InChI=1S/C18H15N3/c1-2-5-16-13(4-1)10-14-11-15(6-7-17(14)16)21-12-18-19-8-3-9-20-18/h1-9,11,21H,10,12H2. The minimum Gasteiger partial charge on any atom is -0.378 e. The van der Waals surface area contributed by atoms with Gasteiger partial charge >= 0.3 is 0 Å². The van der Waals surface area contributed by atoms with E-state index in [1.807, 2.05) is 6.07 Å². The SMILES string of the molecule is c1cnc(CNc2ccc3c(c2)Cc2ccccc2-3)nc1. The van der Waals surface area contributed by atoms with Crippen molar-refractivity contribution in [1.82, 2.24) is 9.97 Å². The normalized spacial score (nSPS) is 11.8. The van der Waals surface area contributed by atoms with Crippen LogP contribution in [0.4, 0.5) is 5.69 Å². The van der Waals surface area contributed by atoms with Crippen molar-refractivity contribution in [3.05, 3.63) is 77.9 Å². The van der Waals surface area contributed by atoms with Gasteiger partial charge in [-0.05, 0) is 46.9 Å². The summed E-state index contributed by atoms with van der Waals surface area (Å²) < 4.78 is 0. The van der Waals surface area contributed by atoms with E-state index < -0.39 is 0 Å². The van der Waals surface area contributed by atoms with Crippen molar-refractivity contribution in [1.29, 1.82) is 0 Å². The smallest absolute Gasteiger partial charge is 0.147 e. The van der Waals surface area contributed by atoms with Crippen molar-refractivity contribution in [2.24, 2.45) is 0 Å². The van der Waals surface area contributed by atoms with E-state index in [9.17, 15) is 0 Å². The molecule has 1 heterocycles. The fraction of sp³-hybridized carbons (Fsp3) is 0.111. The Kier molecular flexibility index (Phi) is 2.89. The van der Waals surface area contributed by atoms with Gasteiger partial charge < -0.3 is 5.32 Å². The zero-order chi connectivity index (χ0) is 14.1. The Labute approximate surface area is 123 Å². The molecule has 1 N–H and O–H groups in total. The molecule has 21 heavy (non-hydrogen) atoms. The highest BCUT2D eigenvalue weighted by Gasteiger charge is 2.17. The van der Waals surface area contributed by atoms with E-state index in [1.165, 1.54) is 22.3 Å². The molecular weight excluding hydrogens is 258 g/mol. The quantitative estimate of drug-likeness (QED) is 0.619. The van der Waals surface area contributed by atoms with E-state index in [1.54, 1.807) is 12.4 Å². The second kappa shape index (κ2) is 5.02. The monoisotopic (exact) mass is 273 g/mol. The number of fused-ring (bicyclic) bond motifs is 3. The molecule has 0 amide bonds. The first-order valence-electron chi connectivity index (χ1n) is 7.11. The van der Waals surface area contributed by atoms with Crippen LogP contribution in [-0.2, 0) is 13.0 Å². The van der Waals surface area contributed by atoms with Crippen LogP contribution in [0.1, 0.15) is 17.0 Å². The lowest BCUT2D eigenvalue weighted by molar-refractivity contribution is 0.948. The zero-order valence-corrected chi connectivity index (χ0v) is 11.6. The Morgan fingerprint density at radius 3 is 2.57 bits per heavy atom. The highest BCUT2D eigenvalue weighted by Crippen LogP contribution is 2.37. The molecule has 0 atom stereocenters. The third-order valence-electron chi connectivity index (χ3n) is 3.86. The summed E-state index contributed by atoms with van der Waals surface area (Å²) in [5, 5.41) is 3.39. The lowest BCUT2D eigenvalue weighted by Crippen LogP contribution is -2.03. The molecule has 1 aliphatic carbocycles. The second-order valence-corrected chi connectivity index (χ2v) is 5.22. The molecular formula is C18H15N3. The maximum absolute atomic E-state index is 4.23. The van der Waals surface area contributed by atoms with Crippen LogP contribution in [0.25, 0.3) is 11.1 Å². The highest BCUT2D eigenvalue weighted by atomic mass is 15.0. The van der Waals surface area contributed by atoms with Gasteiger partial charge in [0.1, 0.15) is 5.82 Å². The minimum absolute atomic E-state index is 0.645. The summed E-state index contributed by atoms with van der Waals surface area (Å²) in [6.07, 6.45) is 4.55. The molecule has 0 aliphatic heterocycles. The first-order valence-corrected chi connectivity index (χ1v) is 7.11. The average molecular weight is 273 g/mol. The predicted octanol–water partition coefficient (Wildman–Crippen LogP) is 3.66. The molecule has 4 rings (SSSR count). The molecule has 0 spiro atoms. The third-order valence-corrected chi connectivity index (χ3v) is 3.86. The van der Waals surface area contributed by atoms with Crippen LogP contribution in [0.5, 0.6) is 0 Å². The van der Waals surface area contributed by atoms with Crippen molar-refractivity contribution >= 4 is 5.69 Å². The molecule has 0 saturated carbocycles. The Morgan fingerprint density at radius 1 is 0.857 bits per heavy atom. The number of benzene rings is 2. The van der Waals surface area contributed by atoms with Gasteiger partial charge in [-0.15, -0.1) is 0 Å². The van der Waals surface area contributed by atoms with Gasteiger partial charge in [-0.25, -0.2) is 9.97 Å². The highest BCUT2D eigenvalue weighted by molar-refractivity contribution is 5.78. The molecule has 0 saturated heterocycles. The Morgan fingerprint density at radius 2 is 1.67 bits per heavy atom. The van der Waals surface area contributed by atoms with Crippen LogP contribution in [0.3, 0.4) is 0 Å². The summed E-state index contributed by atoms with van der Waals surface area (Å²) in [5.41, 5.74) is 6.64. The number of nitrogens with one attached hydrogen (secondary N) is 1. The van der Waals surface area contributed by atoms with E-state index in [2.05, 4.69) is 57.7 Å². The maximum atomic E-state index is 4.23. The number of aromatic nitrogens is 2. The van der Waals surface area contributed by atoms with Crippen molar-refractivity contribution in [2.45, 2.75) is 13.0 Å². The van der Waals surface area contributed by atoms with Crippen molar-refractivity contribution in [3.8, 4) is 11.1 Å².